The molecule has 6 nitrogen and oxygen atoms in total. The van der Waals surface area contributed by atoms with Crippen molar-refractivity contribution in [3.63, 3.8) is 0 Å². The van der Waals surface area contributed by atoms with Gasteiger partial charge in [0.25, 0.3) is 11.8 Å². The number of hydrogen-bond donors (Lipinski definition) is 3. The van der Waals surface area contributed by atoms with Gasteiger partial charge >= 0.3 is 0 Å². The number of anilines is 1. The maximum Gasteiger partial charge on any atom is 0.252 e. The highest BCUT2D eigenvalue weighted by Crippen LogP contribution is 2.23. The molecule has 1 unspecified atom stereocenters. The molecule has 0 aliphatic heterocycles. The van der Waals surface area contributed by atoms with Crippen molar-refractivity contribution < 1.29 is 14.4 Å². The molecule has 2 rings (SSSR count). The number of hydrogen-bond acceptors (Lipinski definition) is 3. The van der Waals surface area contributed by atoms with Gasteiger partial charge in [0.15, 0.2) is 0 Å². The van der Waals surface area contributed by atoms with Crippen LogP contribution in [0, 0.1) is 0 Å². The van der Waals surface area contributed by atoms with Crippen LogP contribution >= 0.6 is 11.6 Å². The molecule has 0 saturated carbocycles. The Hall–Kier alpha value is -2.86. The standard InChI is InChI=1S/C24H30ClN3O3/c1-6-13-26-23(31)19-12-11-18(14-20(19)25)28-21(29)15(2)27-22(30)16-7-9-17(10-8-16)24(3,4)5/h7-12,14-15H,6,13H2,1-5H3,(H,26,31)(H,27,30)(H,28,29). The first-order valence-corrected chi connectivity index (χ1v) is 10.7. The van der Waals surface area contributed by atoms with Gasteiger partial charge in [-0.3, -0.25) is 14.4 Å². The van der Waals surface area contributed by atoms with Crippen molar-refractivity contribution in [2.24, 2.45) is 0 Å². The lowest BCUT2D eigenvalue weighted by Crippen LogP contribution is -2.41. The van der Waals surface area contributed by atoms with Crippen molar-refractivity contribution in [3.8, 4) is 0 Å². The largest absolute Gasteiger partial charge is 0.352 e. The van der Waals surface area contributed by atoms with E-state index in [1.807, 2.05) is 19.1 Å². The van der Waals surface area contributed by atoms with E-state index in [0.29, 0.717) is 23.4 Å². The van der Waals surface area contributed by atoms with E-state index >= 15 is 0 Å². The average Bonchev–Trinajstić information content (AvgIpc) is 2.71. The third kappa shape index (κ3) is 6.82. The fourth-order valence-corrected chi connectivity index (χ4v) is 3.09. The van der Waals surface area contributed by atoms with Crippen LogP contribution in [0.3, 0.4) is 0 Å². The van der Waals surface area contributed by atoms with E-state index in [9.17, 15) is 14.4 Å². The molecule has 0 bridgehead atoms. The second-order valence-electron chi connectivity index (χ2n) is 8.46. The maximum atomic E-state index is 12.5. The van der Waals surface area contributed by atoms with E-state index < -0.39 is 6.04 Å². The molecule has 0 heterocycles. The van der Waals surface area contributed by atoms with Crippen molar-refractivity contribution in [2.45, 2.75) is 52.5 Å². The van der Waals surface area contributed by atoms with Gasteiger partial charge in [0.2, 0.25) is 5.91 Å². The zero-order valence-electron chi connectivity index (χ0n) is 18.6. The number of amides is 3. The third-order valence-electron chi connectivity index (χ3n) is 4.77. The summed E-state index contributed by atoms with van der Waals surface area (Å²) in [5.74, 6) is -0.981. The first-order chi connectivity index (χ1) is 14.5. The van der Waals surface area contributed by atoms with Crippen LogP contribution in [-0.4, -0.2) is 30.3 Å². The van der Waals surface area contributed by atoms with E-state index in [4.69, 9.17) is 11.6 Å². The summed E-state index contributed by atoms with van der Waals surface area (Å²) in [5, 5.41) is 8.40. The molecule has 0 aromatic heterocycles. The van der Waals surface area contributed by atoms with E-state index in [2.05, 4.69) is 36.7 Å². The van der Waals surface area contributed by atoms with Gasteiger partial charge in [-0.05, 0) is 54.7 Å². The molecule has 0 radical (unpaired) electrons. The highest BCUT2D eigenvalue weighted by molar-refractivity contribution is 6.34. The summed E-state index contributed by atoms with van der Waals surface area (Å²) in [7, 11) is 0. The molecule has 7 heteroatoms. The monoisotopic (exact) mass is 443 g/mol. The Kier molecular flexibility index (Phi) is 8.22. The van der Waals surface area contributed by atoms with Gasteiger partial charge < -0.3 is 16.0 Å². The van der Waals surface area contributed by atoms with Gasteiger partial charge in [-0.1, -0.05) is 51.4 Å². The molecule has 2 aromatic carbocycles. The van der Waals surface area contributed by atoms with Gasteiger partial charge in [-0.15, -0.1) is 0 Å². The number of halogens is 1. The molecule has 166 valence electrons. The highest BCUT2D eigenvalue weighted by Gasteiger charge is 2.19. The zero-order valence-corrected chi connectivity index (χ0v) is 19.4. The molecule has 0 fully saturated rings. The summed E-state index contributed by atoms with van der Waals surface area (Å²) in [6, 6.07) is 11.2. The lowest BCUT2D eigenvalue weighted by molar-refractivity contribution is -0.117. The van der Waals surface area contributed by atoms with E-state index in [1.54, 1.807) is 31.2 Å². The number of nitrogens with one attached hydrogen (secondary N) is 3. The van der Waals surface area contributed by atoms with E-state index in [-0.39, 0.29) is 28.2 Å². The maximum absolute atomic E-state index is 12.5. The second kappa shape index (κ2) is 10.4. The lowest BCUT2D eigenvalue weighted by atomic mass is 9.86. The highest BCUT2D eigenvalue weighted by atomic mass is 35.5. The molecule has 3 N–H and O–H groups in total. The predicted molar refractivity (Wildman–Crippen MR) is 125 cm³/mol. The average molecular weight is 444 g/mol. The number of benzene rings is 2. The van der Waals surface area contributed by atoms with E-state index in [0.717, 1.165) is 12.0 Å². The van der Waals surface area contributed by atoms with Gasteiger partial charge in [-0.2, -0.15) is 0 Å². The second-order valence-corrected chi connectivity index (χ2v) is 8.87. The van der Waals surface area contributed by atoms with Gasteiger partial charge in [0, 0.05) is 17.8 Å². The van der Waals surface area contributed by atoms with Crippen LogP contribution < -0.4 is 16.0 Å². The van der Waals surface area contributed by atoms with Gasteiger partial charge in [0.1, 0.15) is 6.04 Å². The number of carbonyl (C=O) groups excluding carboxylic acids is 3. The molecular formula is C24H30ClN3O3. The van der Waals surface area contributed by atoms with Crippen molar-refractivity contribution in [1.29, 1.82) is 0 Å². The van der Waals surface area contributed by atoms with Crippen molar-refractivity contribution in [2.75, 3.05) is 11.9 Å². The van der Waals surface area contributed by atoms with Crippen molar-refractivity contribution in [3.05, 3.63) is 64.2 Å². The quantitative estimate of drug-likeness (QED) is 0.587. The minimum Gasteiger partial charge on any atom is -0.352 e. The third-order valence-corrected chi connectivity index (χ3v) is 5.08. The molecule has 3 amide bonds. The van der Waals surface area contributed by atoms with Gasteiger partial charge in [-0.25, -0.2) is 0 Å². The fraction of sp³-hybridized carbons (Fsp3) is 0.375. The van der Waals surface area contributed by atoms with Crippen LogP contribution in [0.25, 0.3) is 0 Å². The van der Waals surface area contributed by atoms with Crippen LogP contribution in [0.15, 0.2) is 42.5 Å². The summed E-state index contributed by atoms with van der Waals surface area (Å²) in [6.45, 7) is 10.4. The molecule has 0 aliphatic rings. The van der Waals surface area contributed by atoms with Crippen molar-refractivity contribution >= 4 is 35.0 Å². The molecule has 1 atom stereocenters. The van der Waals surface area contributed by atoms with E-state index in [1.165, 1.54) is 6.07 Å². The Balaban J connectivity index is 1.98. The van der Waals surface area contributed by atoms with Crippen LogP contribution in [0.4, 0.5) is 5.69 Å². The Morgan fingerprint density at radius 3 is 2.19 bits per heavy atom. The summed E-state index contributed by atoms with van der Waals surface area (Å²) in [5.41, 5.74) is 2.39. The molecule has 31 heavy (non-hydrogen) atoms. The topological polar surface area (TPSA) is 87.3 Å². The first-order valence-electron chi connectivity index (χ1n) is 10.3. The molecule has 0 spiro atoms. The summed E-state index contributed by atoms with van der Waals surface area (Å²) in [6.07, 6.45) is 0.821. The van der Waals surface area contributed by atoms with Gasteiger partial charge in [0.05, 0.1) is 10.6 Å². The Morgan fingerprint density at radius 2 is 1.65 bits per heavy atom. The van der Waals surface area contributed by atoms with Crippen LogP contribution in [-0.2, 0) is 10.2 Å². The minimum atomic E-state index is -0.763. The summed E-state index contributed by atoms with van der Waals surface area (Å²) < 4.78 is 0. The smallest absolute Gasteiger partial charge is 0.252 e. The Bertz CT molecular complexity index is 950. The molecular weight excluding hydrogens is 414 g/mol. The first kappa shape index (κ1) is 24.4. The number of rotatable bonds is 7. The number of carbonyl (C=O) groups is 3. The lowest BCUT2D eigenvalue weighted by Gasteiger charge is -2.19. The fourth-order valence-electron chi connectivity index (χ4n) is 2.83. The van der Waals surface area contributed by atoms with Crippen LogP contribution in [0.2, 0.25) is 5.02 Å². The van der Waals surface area contributed by atoms with Crippen LogP contribution in [0.5, 0.6) is 0 Å². The summed E-state index contributed by atoms with van der Waals surface area (Å²) >= 11 is 6.19. The Labute approximate surface area is 188 Å². The molecule has 2 aromatic rings. The molecule has 0 aliphatic carbocycles. The summed E-state index contributed by atoms with van der Waals surface area (Å²) in [4.78, 5) is 37.0. The predicted octanol–water partition coefficient (Wildman–Crippen LogP) is 4.53. The minimum absolute atomic E-state index is 0.00428. The normalized spacial score (nSPS) is 12.1. The zero-order chi connectivity index (χ0) is 23.2. The van der Waals surface area contributed by atoms with Crippen LogP contribution in [0.1, 0.15) is 67.3 Å². The SMILES string of the molecule is CCCNC(=O)c1ccc(NC(=O)C(C)NC(=O)c2ccc(C(C)(C)C)cc2)cc1Cl. The molecule has 0 saturated heterocycles. The Morgan fingerprint density at radius 1 is 1.00 bits per heavy atom. The van der Waals surface area contributed by atoms with Crippen molar-refractivity contribution in [1.82, 2.24) is 10.6 Å².